The summed E-state index contributed by atoms with van der Waals surface area (Å²) in [4.78, 5) is 23.3. The third-order valence-electron chi connectivity index (χ3n) is 6.45. The predicted octanol–water partition coefficient (Wildman–Crippen LogP) is 4.28. The highest BCUT2D eigenvalue weighted by atomic mass is 35.5. The first-order valence-corrected chi connectivity index (χ1v) is 13.9. The van der Waals surface area contributed by atoms with Gasteiger partial charge in [-0.05, 0) is 56.2 Å². The van der Waals surface area contributed by atoms with Crippen LogP contribution in [-0.4, -0.2) is 58.8 Å². The molecule has 1 saturated heterocycles. The number of rotatable bonds is 7. The number of hydrogen-bond donors (Lipinski definition) is 2. The number of piperidine rings is 1. The highest BCUT2D eigenvalue weighted by molar-refractivity contribution is 7.90. The van der Waals surface area contributed by atoms with Gasteiger partial charge in [0.2, 0.25) is 5.91 Å². The van der Waals surface area contributed by atoms with Crippen LogP contribution < -0.4 is 10.6 Å². The van der Waals surface area contributed by atoms with Gasteiger partial charge < -0.3 is 15.5 Å². The molecule has 0 aliphatic carbocycles. The minimum atomic E-state index is -3.84. The van der Waals surface area contributed by atoms with Gasteiger partial charge in [-0.1, -0.05) is 29.3 Å². The summed E-state index contributed by atoms with van der Waals surface area (Å²) in [7, 11) is -3.84. The quantitative estimate of drug-likeness (QED) is 0.349. The van der Waals surface area contributed by atoms with E-state index in [0.717, 1.165) is 22.4 Å². The van der Waals surface area contributed by atoms with Gasteiger partial charge in [0.05, 0.1) is 16.8 Å². The molecule has 2 aromatic carbocycles. The normalized spacial score (nSPS) is 16.0. The van der Waals surface area contributed by atoms with Crippen molar-refractivity contribution in [3.05, 3.63) is 77.5 Å². The zero-order chi connectivity index (χ0) is 26.9. The zero-order valence-corrected chi connectivity index (χ0v) is 22.1. The molecule has 38 heavy (non-hydrogen) atoms. The number of anilines is 2. The van der Waals surface area contributed by atoms with Gasteiger partial charge in [0, 0.05) is 36.0 Å². The van der Waals surface area contributed by atoms with Crippen molar-refractivity contribution >= 4 is 50.1 Å². The van der Waals surface area contributed by atoms with Crippen molar-refractivity contribution in [2.24, 2.45) is 0 Å². The van der Waals surface area contributed by atoms with E-state index in [4.69, 9.17) is 11.6 Å². The topological polar surface area (TPSA) is 109 Å². The van der Waals surface area contributed by atoms with Crippen molar-refractivity contribution < 1.29 is 17.6 Å². The molecule has 12 heteroatoms. The van der Waals surface area contributed by atoms with Gasteiger partial charge in [-0.15, -0.1) is 0 Å². The van der Waals surface area contributed by atoms with E-state index < -0.39 is 15.8 Å². The highest BCUT2D eigenvalue weighted by Gasteiger charge is 2.26. The van der Waals surface area contributed by atoms with E-state index in [-0.39, 0.29) is 34.1 Å². The largest absolute Gasteiger partial charge is 0.376 e. The number of benzene rings is 2. The second-order valence-electron chi connectivity index (χ2n) is 9.22. The molecule has 3 heterocycles. The van der Waals surface area contributed by atoms with E-state index in [9.17, 15) is 17.6 Å². The monoisotopic (exact) mass is 556 g/mol. The van der Waals surface area contributed by atoms with Gasteiger partial charge in [0.1, 0.15) is 18.0 Å². The molecule has 0 spiro atoms. The number of hydrogen-bond acceptors (Lipinski definition) is 7. The van der Waals surface area contributed by atoms with Crippen molar-refractivity contribution in [3.63, 3.8) is 0 Å². The third kappa shape index (κ3) is 5.44. The first-order valence-electron chi connectivity index (χ1n) is 12.1. The second-order valence-corrected chi connectivity index (χ2v) is 11.5. The van der Waals surface area contributed by atoms with Gasteiger partial charge in [-0.25, -0.2) is 26.7 Å². The number of aromatic nitrogens is 3. The molecule has 1 atom stereocenters. The van der Waals surface area contributed by atoms with Gasteiger partial charge in [-0.3, -0.25) is 4.79 Å². The van der Waals surface area contributed by atoms with Crippen LogP contribution in [-0.2, 0) is 14.8 Å². The van der Waals surface area contributed by atoms with Crippen molar-refractivity contribution in [3.8, 4) is 0 Å². The van der Waals surface area contributed by atoms with Crippen molar-refractivity contribution in [2.45, 2.75) is 30.7 Å². The maximum absolute atomic E-state index is 13.6. The number of nitrogens with one attached hydrogen (secondary N) is 2. The first-order chi connectivity index (χ1) is 18.2. The average Bonchev–Trinajstić information content (AvgIpc) is 3.33. The Labute approximate surface area is 224 Å². The Morgan fingerprint density at radius 2 is 1.95 bits per heavy atom. The van der Waals surface area contributed by atoms with Crippen molar-refractivity contribution in [1.29, 1.82) is 0 Å². The van der Waals surface area contributed by atoms with Gasteiger partial charge in [-0.2, -0.15) is 0 Å². The fraction of sp³-hybridized carbons (Fsp3) is 0.269. The van der Waals surface area contributed by atoms with E-state index >= 15 is 0 Å². The Hall–Kier alpha value is -3.70. The van der Waals surface area contributed by atoms with Gasteiger partial charge in [0.15, 0.2) is 5.65 Å². The molecular formula is C26H26ClFN6O3S. The molecule has 9 nitrogen and oxygen atoms in total. The van der Waals surface area contributed by atoms with Crippen LogP contribution in [0, 0.1) is 12.7 Å². The molecule has 2 aromatic heterocycles. The van der Waals surface area contributed by atoms with Crippen LogP contribution in [0.3, 0.4) is 0 Å². The maximum Gasteiger partial charge on any atom is 0.269 e. The van der Waals surface area contributed by atoms with Crippen LogP contribution in [0.25, 0.3) is 11.0 Å². The number of likely N-dealkylation sites (tertiary alicyclic amines) is 1. The fourth-order valence-electron chi connectivity index (χ4n) is 4.52. The van der Waals surface area contributed by atoms with E-state index in [1.807, 2.05) is 6.92 Å². The highest BCUT2D eigenvalue weighted by Crippen LogP contribution is 2.26. The summed E-state index contributed by atoms with van der Waals surface area (Å²) in [6.45, 7) is 2.94. The van der Waals surface area contributed by atoms with Crippen molar-refractivity contribution in [2.75, 3.05) is 30.3 Å². The Balaban J connectivity index is 1.29. The van der Waals surface area contributed by atoms with E-state index in [1.54, 1.807) is 41.3 Å². The molecule has 0 radical (unpaired) electrons. The average molecular weight is 557 g/mol. The summed E-state index contributed by atoms with van der Waals surface area (Å²) in [6, 6.07) is 12.3. The van der Waals surface area contributed by atoms with Crippen molar-refractivity contribution in [1.82, 2.24) is 18.8 Å². The number of carbonyl (C=O) groups excluding carboxylic acids is 1. The van der Waals surface area contributed by atoms with E-state index in [0.29, 0.717) is 30.0 Å². The maximum atomic E-state index is 13.6. The second kappa shape index (κ2) is 10.6. The minimum Gasteiger partial charge on any atom is -0.376 e. The van der Waals surface area contributed by atoms with Crippen LogP contribution in [0.15, 0.2) is 66.0 Å². The number of carbonyl (C=O) groups is 1. The third-order valence-corrected chi connectivity index (χ3v) is 8.35. The predicted molar refractivity (Wildman–Crippen MR) is 144 cm³/mol. The lowest BCUT2D eigenvalue weighted by molar-refractivity contribution is -0.130. The summed E-state index contributed by atoms with van der Waals surface area (Å²) < 4.78 is 41.2. The van der Waals surface area contributed by atoms with Crippen LogP contribution >= 0.6 is 11.6 Å². The van der Waals surface area contributed by atoms with E-state index in [1.165, 1.54) is 24.7 Å². The molecule has 0 saturated carbocycles. The Bertz CT molecular complexity index is 1570. The SMILES string of the molecule is Cc1ccc(S(=O)(=O)n2ccc3c(N[C@H]4CCCN(C(=O)CNc5cc(F)cc(Cl)c5)C4)ncnc32)cc1. The number of aryl methyl sites for hydroxylation is 1. The number of halogens is 2. The lowest BCUT2D eigenvalue weighted by Gasteiger charge is -2.33. The fourth-order valence-corrected chi connectivity index (χ4v) is 6.04. The lowest BCUT2D eigenvalue weighted by atomic mass is 10.1. The summed E-state index contributed by atoms with van der Waals surface area (Å²) in [5.74, 6) is -0.105. The Kier molecular flexibility index (Phi) is 7.22. The molecule has 2 N–H and O–H groups in total. The summed E-state index contributed by atoms with van der Waals surface area (Å²) in [5.41, 5.74) is 1.66. The lowest BCUT2D eigenvalue weighted by Crippen LogP contribution is -2.47. The molecule has 198 valence electrons. The summed E-state index contributed by atoms with van der Waals surface area (Å²) >= 11 is 5.89. The number of fused-ring (bicyclic) bond motifs is 1. The smallest absolute Gasteiger partial charge is 0.269 e. The van der Waals surface area contributed by atoms with Gasteiger partial charge in [0.25, 0.3) is 10.0 Å². The van der Waals surface area contributed by atoms with Gasteiger partial charge >= 0.3 is 0 Å². The van der Waals surface area contributed by atoms with Crippen LogP contribution in [0.1, 0.15) is 18.4 Å². The Morgan fingerprint density at radius 3 is 2.71 bits per heavy atom. The molecule has 4 aromatic rings. The molecule has 0 bridgehead atoms. The molecule has 5 rings (SSSR count). The molecule has 0 unspecified atom stereocenters. The number of nitrogens with zero attached hydrogens (tertiary/aromatic N) is 4. The zero-order valence-electron chi connectivity index (χ0n) is 20.6. The van der Waals surface area contributed by atoms with Crippen LogP contribution in [0.4, 0.5) is 15.9 Å². The molecule has 1 aliphatic rings. The molecule has 1 fully saturated rings. The standard InChI is InChI=1S/C26H26ClFN6O3S/c1-17-4-6-22(7-5-17)38(36,37)34-10-8-23-25(30-16-31-26(23)34)32-20-3-2-9-33(15-20)24(35)14-29-21-12-18(27)11-19(28)13-21/h4-8,10-13,16,20,29H,2-3,9,14-15H2,1H3,(H,30,31,32)/t20-/m0/s1. The number of amides is 1. The minimum absolute atomic E-state index is 0.00394. The summed E-state index contributed by atoms with van der Waals surface area (Å²) in [6.07, 6.45) is 4.39. The van der Waals surface area contributed by atoms with E-state index in [2.05, 4.69) is 20.6 Å². The first kappa shape index (κ1) is 25.9. The van der Waals surface area contributed by atoms with Crippen LogP contribution in [0.2, 0.25) is 5.02 Å². The van der Waals surface area contributed by atoms with Crippen LogP contribution in [0.5, 0.6) is 0 Å². The molecule has 1 amide bonds. The molecular weight excluding hydrogens is 531 g/mol. The Morgan fingerprint density at radius 1 is 1.16 bits per heavy atom. The summed E-state index contributed by atoms with van der Waals surface area (Å²) in [5, 5.41) is 7.11. The molecule has 1 aliphatic heterocycles.